The van der Waals surface area contributed by atoms with Gasteiger partial charge < -0.3 is 15.5 Å². The molecule has 1 aromatic carbocycles. The molecule has 0 radical (unpaired) electrons. The Morgan fingerprint density at radius 2 is 1.81 bits per heavy atom. The van der Waals surface area contributed by atoms with Gasteiger partial charge in [0.15, 0.2) is 0 Å². The maximum absolute atomic E-state index is 12.8. The minimum atomic E-state index is -0.00985. The lowest BCUT2D eigenvalue weighted by molar-refractivity contribution is 0.0755. The molecular weight excluding hydrogens is 350 g/mol. The maximum atomic E-state index is 12.8. The molecule has 2 N–H and O–H groups in total. The first kappa shape index (κ1) is 22.5. The maximum Gasteiger partial charge on any atom is 0.253 e. The third-order valence-electron chi connectivity index (χ3n) is 4.97. The van der Waals surface area contributed by atoms with Crippen LogP contribution in [0.4, 0.5) is 0 Å². The average Bonchev–Trinajstić information content (AvgIpc) is 3.03. The van der Waals surface area contributed by atoms with Crippen LogP contribution < -0.4 is 5.73 Å². The van der Waals surface area contributed by atoms with Gasteiger partial charge in [-0.1, -0.05) is 26.8 Å². The predicted molar refractivity (Wildman–Crippen MR) is 108 cm³/mol. The van der Waals surface area contributed by atoms with Crippen molar-refractivity contribution in [2.45, 2.75) is 40.0 Å². The summed E-state index contributed by atoms with van der Waals surface area (Å²) in [7, 11) is 0. The lowest BCUT2D eigenvalue weighted by Gasteiger charge is -2.23. The van der Waals surface area contributed by atoms with Gasteiger partial charge in [-0.3, -0.25) is 9.59 Å². The zero-order valence-corrected chi connectivity index (χ0v) is 17.0. The number of amides is 2. The number of carbonyl (C=O) groups excluding carboxylic acids is 2. The highest BCUT2D eigenvalue weighted by atomic mass is 35.5. The SMILES string of the molecule is CCCN(CCC)C(=O)c1cccc(C(=O)N2CCC(C)(CN)C2)c1.Cl. The quantitative estimate of drug-likeness (QED) is 0.788. The molecule has 0 aliphatic carbocycles. The molecule has 0 bridgehead atoms. The number of nitrogens with two attached hydrogens (primary N) is 1. The molecule has 0 saturated carbocycles. The second-order valence-electron chi connectivity index (χ2n) is 7.36. The summed E-state index contributed by atoms with van der Waals surface area (Å²) in [6.07, 6.45) is 2.78. The Bertz CT molecular complexity index is 617. The van der Waals surface area contributed by atoms with Crippen molar-refractivity contribution in [1.29, 1.82) is 0 Å². The molecule has 5 nitrogen and oxygen atoms in total. The van der Waals surface area contributed by atoms with Crippen molar-refractivity contribution in [3.8, 4) is 0 Å². The van der Waals surface area contributed by atoms with Crippen molar-refractivity contribution in [2.24, 2.45) is 11.1 Å². The Morgan fingerprint density at radius 1 is 1.19 bits per heavy atom. The first-order chi connectivity index (χ1) is 11.9. The third-order valence-corrected chi connectivity index (χ3v) is 4.97. The van der Waals surface area contributed by atoms with Gasteiger partial charge in [0.25, 0.3) is 11.8 Å². The summed E-state index contributed by atoms with van der Waals surface area (Å²) >= 11 is 0. The Hall–Kier alpha value is -1.59. The van der Waals surface area contributed by atoms with Gasteiger partial charge in [0.05, 0.1) is 0 Å². The summed E-state index contributed by atoms with van der Waals surface area (Å²) < 4.78 is 0. The number of halogens is 1. The second kappa shape index (κ2) is 9.93. The zero-order valence-electron chi connectivity index (χ0n) is 16.2. The third kappa shape index (κ3) is 5.21. The summed E-state index contributed by atoms with van der Waals surface area (Å²) in [6.45, 7) is 9.72. The molecule has 26 heavy (non-hydrogen) atoms. The molecular formula is C20H32ClN3O2. The summed E-state index contributed by atoms with van der Waals surface area (Å²) in [6, 6.07) is 7.13. The van der Waals surface area contributed by atoms with Gasteiger partial charge in [-0.15, -0.1) is 12.4 Å². The number of hydrogen-bond donors (Lipinski definition) is 1. The van der Waals surface area contributed by atoms with E-state index < -0.39 is 0 Å². The molecule has 1 fully saturated rings. The molecule has 1 saturated heterocycles. The fourth-order valence-corrected chi connectivity index (χ4v) is 3.37. The van der Waals surface area contributed by atoms with Crippen LogP contribution >= 0.6 is 12.4 Å². The number of carbonyl (C=O) groups is 2. The van der Waals surface area contributed by atoms with Crippen LogP contribution in [0.3, 0.4) is 0 Å². The van der Waals surface area contributed by atoms with E-state index in [9.17, 15) is 9.59 Å². The molecule has 6 heteroatoms. The van der Waals surface area contributed by atoms with E-state index in [0.717, 1.165) is 38.9 Å². The zero-order chi connectivity index (χ0) is 18.4. The van der Waals surface area contributed by atoms with Crippen molar-refractivity contribution in [3.05, 3.63) is 35.4 Å². The van der Waals surface area contributed by atoms with E-state index in [-0.39, 0.29) is 29.6 Å². The molecule has 1 aliphatic rings. The van der Waals surface area contributed by atoms with E-state index in [1.165, 1.54) is 0 Å². The predicted octanol–water partition coefficient (Wildman–Crippen LogP) is 3.18. The summed E-state index contributed by atoms with van der Waals surface area (Å²) in [5, 5.41) is 0. The largest absolute Gasteiger partial charge is 0.339 e. The monoisotopic (exact) mass is 381 g/mol. The van der Waals surface area contributed by atoms with Crippen molar-refractivity contribution in [1.82, 2.24) is 9.80 Å². The van der Waals surface area contributed by atoms with E-state index in [4.69, 9.17) is 5.73 Å². The number of likely N-dealkylation sites (tertiary alicyclic amines) is 1. The van der Waals surface area contributed by atoms with Gasteiger partial charge in [0.1, 0.15) is 0 Å². The van der Waals surface area contributed by atoms with Crippen LogP contribution in [0.25, 0.3) is 0 Å². The summed E-state index contributed by atoms with van der Waals surface area (Å²) in [5.41, 5.74) is 7.01. The molecule has 0 aromatic heterocycles. The first-order valence-corrected chi connectivity index (χ1v) is 9.32. The fourth-order valence-electron chi connectivity index (χ4n) is 3.37. The standard InChI is InChI=1S/C20H31N3O2.ClH/c1-4-10-22(11-5-2)18(24)16-7-6-8-17(13-16)19(25)23-12-9-20(3,14-21)15-23;/h6-8,13H,4-5,9-12,14-15,21H2,1-3H3;1H. The van der Waals surface area contributed by atoms with Gasteiger partial charge in [-0.2, -0.15) is 0 Å². The smallest absolute Gasteiger partial charge is 0.253 e. The van der Waals surface area contributed by atoms with Crippen molar-refractivity contribution in [2.75, 3.05) is 32.7 Å². The van der Waals surface area contributed by atoms with Crippen molar-refractivity contribution in [3.63, 3.8) is 0 Å². The molecule has 1 aliphatic heterocycles. The van der Waals surface area contributed by atoms with Crippen LogP contribution in [0, 0.1) is 5.41 Å². The Morgan fingerprint density at radius 3 is 2.35 bits per heavy atom. The van der Waals surface area contributed by atoms with Gasteiger partial charge >= 0.3 is 0 Å². The topological polar surface area (TPSA) is 66.6 Å². The van der Waals surface area contributed by atoms with Crippen molar-refractivity contribution >= 4 is 24.2 Å². The van der Waals surface area contributed by atoms with Crippen LogP contribution in [-0.4, -0.2) is 54.3 Å². The lowest BCUT2D eigenvalue weighted by atomic mass is 9.90. The molecule has 2 rings (SSSR count). The highest BCUT2D eigenvalue weighted by Crippen LogP contribution is 2.29. The molecule has 1 atom stereocenters. The highest BCUT2D eigenvalue weighted by molar-refractivity contribution is 5.99. The minimum absolute atomic E-state index is 0. The number of hydrogen-bond acceptors (Lipinski definition) is 3. The van der Waals surface area contributed by atoms with Gasteiger partial charge in [0.2, 0.25) is 0 Å². The van der Waals surface area contributed by atoms with Crippen LogP contribution in [0.1, 0.15) is 60.7 Å². The molecule has 146 valence electrons. The van der Waals surface area contributed by atoms with Crippen LogP contribution in [0.2, 0.25) is 0 Å². The molecule has 2 amide bonds. The second-order valence-corrected chi connectivity index (χ2v) is 7.36. The Kier molecular flexibility index (Phi) is 8.57. The van der Waals surface area contributed by atoms with Gasteiger partial charge in [-0.05, 0) is 49.4 Å². The average molecular weight is 382 g/mol. The van der Waals surface area contributed by atoms with Crippen LogP contribution in [0.15, 0.2) is 24.3 Å². The van der Waals surface area contributed by atoms with Crippen molar-refractivity contribution < 1.29 is 9.59 Å². The Labute approximate surface area is 163 Å². The fraction of sp³-hybridized carbons (Fsp3) is 0.600. The van der Waals surface area contributed by atoms with Gasteiger partial charge in [-0.25, -0.2) is 0 Å². The highest BCUT2D eigenvalue weighted by Gasteiger charge is 2.35. The van der Waals surface area contributed by atoms with E-state index in [1.54, 1.807) is 24.3 Å². The van der Waals surface area contributed by atoms with Crippen LogP contribution in [-0.2, 0) is 0 Å². The van der Waals surface area contributed by atoms with Crippen LogP contribution in [0.5, 0.6) is 0 Å². The van der Waals surface area contributed by atoms with E-state index in [0.29, 0.717) is 24.2 Å². The summed E-state index contributed by atoms with van der Waals surface area (Å²) in [4.78, 5) is 29.3. The number of benzene rings is 1. The molecule has 1 aromatic rings. The number of rotatable bonds is 7. The van der Waals surface area contributed by atoms with E-state index >= 15 is 0 Å². The lowest BCUT2D eigenvalue weighted by Crippen LogP contribution is -2.35. The van der Waals surface area contributed by atoms with Gasteiger partial charge in [0, 0.05) is 37.3 Å². The normalized spacial score (nSPS) is 19.2. The summed E-state index contributed by atoms with van der Waals surface area (Å²) in [5.74, 6) is -0.00377. The molecule has 1 unspecified atom stereocenters. The van der Waals surface area contributed by atoms with E-state index in [1.807, 2.05) is 9.80 Å². The molecule has 1 heterocycles. The number of nitrogens with zero attached hydrogens (tertiary/aromatic N) is 2. The molecule has 0 spiro atoms. The first-order valence-electron chi connectivity index (χ1n) is 9.32. The Balaban J connectivity index is 0.00000338. The van der Waals surface area contributed by atoms with E-state index in [2.05, 4.69) is 20.8 Å². The minimum Gasteiger partial charge on any atom is -0.339 e.